The fourth-order valence-corrected chi connectivity index (χ4v) is 3.59. The first-order valence-corrected chi connectivity index (χ1v) is 9.70. The van der Waals surface area contributed by atoms with Gasteiger partial charge in [0.2, 0.25) is 0 Å². The van der Waals surface area contributed by atoms with Crippen molar-refractivity contribution in [3.63, 3.8) is 0 Å². The third-order valence-corrected chi connectivity index (χ3v) is 5.11. The van der Waals surface area contributed by atoms with Crippen LogP contribution in [0.3, 0.4) is 0 Å². The summed E-state index contributed by atoms with van der Waals surface area (Å²) >= 11 is 6.18. The van der Waals surface area contributed by atoms with Crippen LogP contribution >= 0.6 is 35.6 Å². The number of hydrogen-bond acceptors (Lipinski definition) is 4. The second-order valence-electron chi connectivity index (χ2n) is 6.63. The number of hydrogen-bond donors (Lipinski definition) is 2. The van der Waals surface area contributed by atoms with E-state index >= 15 is 0 Å². The predicted molar refractivity (Wildman–Crippen MR) is 130 cm³/mol. The van der Waals surface area contributed by atoms with Gasteiger partial charge in [-0.05, 0) is 30.7 Å². The average Bonchev–Trinajstić information content (AvgIpc) is 3.19. The zero-order valence-corrected chi connectivity index (χ0v) is 20.0. The van der Waals surface area contributed by atoms with E-state index in [0.29, 0.717) is 11.6 Å². The maximum absolute atomic E-state index is 6.18. The highest BCUT2D eigenvalue weighted by molar-refractivity contribution is 14.0. The van der Waals surface area contributed by atoms with Crippen LogP contribution < -0.4 is 25.0 Å². The van der Waals surface area contributed by atoms with Gasteiger partial charge in [0.15, 0.2) is 5.96 Å². The second kappa shape index (κ2) is 11.3. The second-order valence-corrected chi connectivity index (χ2v) is 7.07. The Balaban J connectivity index is 0.00000300. The van der Waals surface area contributed by atoms with E-state index in [1.165, 1.54) is 0 Å². The molecule has 0 aliphatic carbocycles. The number of guanidine groups is 1. The van der Waals surface area contributed by atoms with E-state index in [0.717, 1.165) is 48.2 Å². The number of halogens is 2. The molecular weight excluding hydrogens is 503 g/mol. The molecule has 0 bridgehead atoms. The monoisotopic (exact) mass is 530 g/mol. The lowest BCUT2D eigenvalue weighted by atomic mass is 10.2. The summed E-state index contributed by atoms with van der Waals surface area (Å²) in [4.78, 5) is 6.64. The van der Waals surface area contributed by atoms with Crippen molar-refractivity contribution < 1.29 is 9.47 Å². The molecule has 29 heavy (non-hydrogen) atoms. The zero-order valence-electron chi connectivity index (χ0n) is 16.9. The Kier molecular flexibility index (Phi) is 9.16. The van der Waals surface area contributed by atoms with Gasteiger partial charge in [0, 0.05) is 43.3 Å². The fourth-order valence-electron chi connectivity index (χ4n) is 3.42. The quantitative estimate of drug-likeness (QED) is 0.337. The fraction of sp³-hybridized carbons (Fsp3) is 0.381. The normalized spacial score (nSPS) is 16.2. The highest BCUT2D eigenvalue weighted by Gasteiger charge is 2.25. The van der Waals surface area contributed by atoms with Gasteiger partial charge in [0.25, 0.3) is 0 Å². The molecule has 3 rings (SSSR count). The van der Waals surface area contributed by atoms with Crippen LogP contribution in [-0.2, 0) is 6.54 Å². The lowest BCUT2D eigenvalue weighted by molar-refractivity contribution is 0.409. The van der Waals surface area contributed by atoms with Crippen molar-refractivity contribution in [3.8, 4) is 11.5 Å². The Morgan fingerprint density at radius 1 is 1.17 bits per heavy atom. The van der Waals surface area contributed by atoms with Gasteiger partial charge in [-0.25, -0.2) is 0 Å². The van der Waals surface area contributed by atoms with Crippen molar-refractivity contribution in [3.05, 3.63) is 53.1 Å². The Morgan fingerprint density at radius 3 is 2.66 bits per heavy atom. The summed E-state index contributed by atoms with van der Waals surface area (Å²) < 4.78 is 10.9. The van der Waals surface area contributed by atoms with Crippen LogP contribution in [0.5, 0.6) is 11.5 Å². The number of rotatable bonds is 6. The topological polar surface area (TPSA) is 58.1 Å². The Bertz CT molecular complexity index is 834. The van der Waals surface area contributed by atoms with Crippen molar-refractivity contribution >= 4 is 47.2 Å². The maximum atomic E-state index is 6.18. The van der Waals surface area contributed by atoms with E-state index in [1.54, 1.807) is 21.3 Å². The molecule has 8 heteroatoms. The van der Waals surface area contributed by atoms with Crippen LogP contribution in [0.1, 0.15) is 12.0 Å². The van der Waals surface area contributed by atoms with Gasteiger partial charge in [-0.2, -0.15) is 0 Å². The lowest BCUT2D eigenvalue weighted by Crippen LogP contribution is -2.44. The van der Waals surface area contributed by atoms with Crippen molar-refractivity contribution in [2.75, 3.05) is 39.3 Å². The molecular formula is C21H28ClIN4O2. The van der Waals surface area contributed by atoms with Gasteiger partial charge in [0.05, 0.1) is 19.9 Å². The Labute approximate surface area is 194 Å². The van der Waals surface area contributed by atoms with Gasteiger partial charge in [-0.15, -0.1) is 24.0 Å². The molecule has 1 saturated heterocycles. The molecule has 1 aliphatic rings. The molecule has 6 nitrogen and oxygen atoms in total. The Morgan fingerprint density at radius 2 is 1.93 bits per heavy atom. The summed E-state index contributed by atoms with van der Waals surface area (Å²) in [5, 5.41) is 7.59. The van der Waals surface area contributed by atoms with E-state index in [4.69, 9.17) is 21.1 Å². The summed E-state index contributed by atoms with van der Waals surface area (Å²) in [6.07, 6.45) is 1.00. The van der Waals surface area contributed by atoms with Crippen molar-refractivity contribution in [2.24, 2.45) is 4.99 Å². The number of ether oxygens (including phenoxy) is 2. The van der Waals surface area contributed by atoms with Crippen LogP contribution in [0.4, 0.5) is 5.69 Å². The molecule has 0 spiro atoms. The molecule has 1 aliphatic heterocycles. The van der Waals surface area contributed by atoms with Crippen LogP contribution in [0, 0.1) is 0 Å². The molecule has 2 aromatic carbocycles. The van der Waals surface area contributed by atoms with Gasteiger partial charge in [-0.3, -0.25) is 4.99 Å². The van der Waals surface area contributed by atoms with Gasteiger partial charge in [0.1, 0.15) is 11.5 Å². The third-order valence-electron chi connectivity index (χ3n) is 4.87. The van der Waals surface area contributed by atoms with Crippen LogP contribution in [0.25, 0.3) is 0 Å². The van der Waals surface area contributed by atoms with Crippen LogP contribution in [0.2, 0.25) is 5.02 Å². The first-order chi connectivity index (χ1) is 13.6. The predicted octanol–water partition coefficient (Wildman–Crippen LogP) is 3.92. The molecule has 1 unspecified atom stereocenters. The number of nitrogens with zero attached hydrogens (tertiary/aromatic N) is 2. The molecule has 0 radical (unpaired) electrons. The summed E-state index contributed by atoms with van der Waals surface area (Å²) in [7, 11) is 5.15. The zero-order chi connectivity index (χ0) is 19.9. The van der Waals surface area contributed by atoms with E-state index in [2.05, 4.69) is 20.5 Å². The minimum atomic E-state index is 0. The van der Waals surface area contributed by atoms with E-state index in [1.807, 2.05) is 42.5 Å². The first-order valence-electron chi connectivity index (χ1n) is 9.32. The molecule has 2 N–H and O–H groups in total. The minimum Gasteiger partial charge on any atom is -0.496 e. The number of para-hydroxylation sites is 1. The highest BCUT2D eigenvalue weighted by Crippen LogP contribution is 2.33. The Hall–Kier alpha value is -1.87. The third kappa shape index (κ3) is 6.05. The number of nitrogens with one attached hydrogen (secondary N) is 2. The van der Waals surface area contributed by atoms with Gasteiger partial charge >= 0.3 is 0 Å². The summed E-state index contributed by atoms with van der Waals surface area (Å²) in [5.74, 6) is 2.48. The molecule has 1 atom stereocenters. The van der Waals surface area contributed by atoms with Crippen molar-refractivity contribution in [2.45, 2.75) is 19.0 Å². The smallest absolute Gasteiger partial charge is 0.191 e. The molecule has 0 aromatic heterocycles. The highest BCUT2D eigenvalue weighted by atomic mass is 127. The molecule has 0 amide bonds. The SMILES string of the molecule is CN=C(NCc1ccccc1OC)NC1CCN(c2cc(Cl)ccc2OC)C1.I. The van der Waals surface area contributed by atoms with Crippen molar-refractivity contribution in [1.29, 1.82) is 0 Å². The molecule has 1 fully saturated rings. The number of methoxy groups -OCH3 is 2. The van der Waals surface area contributed by atoms with Crippen LogP contribution in [0.15, 0.2) is 47.5 Å². The molecule has 2 aromatic rings. The van der Waals surface area contributed by atoms with E-state index < -0.39 is 0 Å². The number of aliphatic imine (C=N–C) groups is 1. The minimum absolute atomic E-state index is 0. The van der Waals surface area contributed by atoms with E-state index in [9.17, 15) is 0 Å². The first kappa shape index (κ1) is 23.4. The molecule has 0 saturated carbocycles. The van der Waals surface area contributed by atoms with E-state index in [-0.39, 0.29) is 30.0 Å². The standard InChI is InChI=1S/C21H27ClN4O2.HI/c1-23-21(24-13-15-6-4-5-7-19(15)27-2)25-17-10-11-26(14-17)18-12-16(22)8-9-20(18)28-3;/h4-9,12,17H,10-11,13-14H2,1-3H3,(H2,23,24,25);1H. The van der Waals surface area contributed by atoms with Crippen LogP contribution in [-0.4, -0.2) is 46.4 Å². The summed E-state index contributed by atoms with van der Waals surface area (Å²) in [6, 6.07) is 14.0. The van der Waals surface area contributed by atoms with Gasteiger partial charge < -0.3 is 25.0 Å². The van der Waals surface area contributed by atoms with Gasteiger partial charge in [-0.1, -0.05) is 29.8 Å². The number of anilines is 1. The molecule has 1 heterocycles. The molecule has 158 valence electrons. The summed E-state index contributed by atoms with van der Waals surface area (Å²) in [6.45, 7) is 2.42. The largest absolute Gasteiger partial charge is 0.496 e. The lowest BCUT2D eigenvalue weighted by Gasteiger charge is -2.22. The maximum Gasteiger partial charge on any atom is 0.191 e. The average molecular weight is 531 g/mol. The van der Waals surface area contributed by atoms with Crippen molar-refractivity contribution in [1.82, 2.24) is 10.6 Å². The summed E-state index contributed by atoms with van der Waals surface area (Å²) in [5.41, 5.74) is 2.11. The number of benzene rings is 2.